The summed E-state index contributed by atoms with van der Waals surface area (Å²) in [5.41, 5.74) is 2.35. The van der Waals surface area contributed by atoms with Crippen molar-refractivity contribution in [1.82, 2.24) is 9.97 Å². The number of ether oxygens (including phenoxy) is 1. The van der Waals surface area contributed by atoms with Gasteiger partial charge in [0.15, 0.2) is 0 Å². The number of rotatable bonds is 4. The fraction of sp³-hybridized carbons (Fsp3) is 0.292. The molecule has 3 aromatic rings. The molecule has 2 aromatic heterocycles. The molecule has 2 aliphatic rings. The number of benzene rings is 1. The number of amides is 1. The molecule has 1 aromatic carbocycles. The molecule has 1 fully saturated rings. The van der Waals surface area contributed by atoms with Crippen LogP contribution in [0.4, 0.5) is 11.6 Å². The minimum atomic E-state index is -0.123. The van der Waals surface area contributed by atoms with E-state index in [2.05, 4.69) is 32.4 Å². The molecule has 0 bridgehead atoms. The molecule has 1 amide bonds. The first-order valence-corrected chi connectivity index (χ1v) is 11.3. The summed E-state index contributed by atoms with van der Waals surface area (Å²) in [6.45, 7) is 0.503. The minimum Gasteiger partial charge on any atom is -0.492 e. The summed E-state index contributed by atoms with van der Waals surface area (Å²) >= 11 is 0.594. The lowest BCUT2D eigenvalue weighted by molar-refractivity contribution is -0.117. The van der Waals surface area contributed by atoms with Crippen LogP contribution >= 0.6 is 0 Å². The average Bonchev–Trinajstić information content (AvgIpc) is 3.67. The number of para-hydroxylation sites is 1. The van der Waals surface area contributed by atoms with E-state index in [1.165, 1.54) is 0 Å². The topological polar surface area (TPSA) is 93.2 Å². The van der Waals surface area contributed by atoms with Gasteiger partial charge >= 0.3 is 11.7 Å². The van der Waals surface area contributed by atoms with Gasteiger partial charge in [0, 0.05) is 46.8 Å². The first kappa shape index (κ1) is 20.3. The molecule has 160 valence electrons. The zero-order valence-corrected chi connectivity index (χ0v) is 18.3. The molecule has 1 saturated carbocycles. The Kier molecular flexibility index (Phi) is 5.41. The third-order valence-electron chi connectivity index (χ3n) is 5.68. The van der Waals surface area contributed by atoms with Gasteiger partial charge in [-0.15, -0.1) is 0 Å². The molecule has 32 heavy (non-hydrogen) atoms. The van der Waals surface area contributed by atoms with Crippen molar-refractivity contribution in [1.29, 1.82) is 0 Å². The summed E-state index contributed by atoms with van der Waals surface area (Å²) in [4.78, 5) is 21.0. The maximum Gasteiger partial charge on any atom is 0.467 e. The molecule has 3 heterocycles. The third-order valence-corrected chi connectivity index (χ3v) is 6.40. The highest BCUT2D eigenvalue weighted by Gasteiger charge is 2.32. The van der Waals surface area contributed by atoms with Crippen molar-refractivity contribution in [2.24, 2.45) is 5.92 Å². The normalized spacial score (nSPS) is 16.8. The summed E-state index contributed by atoms with van der Waals surface area (Å²) in [6.07, 6.45) is 5.96. The number of aromatic nitrogens is 2. The lowest BCUT2D eigenvalue weighted by atomic mass is 10.0. The SMILES string of the molecule is CNc1ncc(C#Cc2cccc3c2OCCC3[S+]=O)c2cc(NC(=O)C3CC3)ncc12. The summed E-state index contributed by atoms with van der Waals surface area (Å²) in [6, 6.07) is 7.55. The molecule has 5 rings (SSSR count). The lowest BCUT2D eigenvalue weighted by Gasteiger charge is -2.17. The summed E-state index contributed by atoms with van der Waals surface area (Å²) in [7, 11) is 1.80. The Morgan fingerprint density at radius 2 is 1.97 bits per heavy atom. The largest absolute Gasteiger partial charge is 0.492 e. The number of pyridine rings is 2. The van der Waals surface area contributed by atoms with E-state index >= 15 is 0 Å². The number of anilines is 2. The van der Waals surface area contributed by atoms with Crippen molar-refractivity contribution >= 4 is 40.0 Å². The highest BCUT2D eigenvalue weighted by molar-refractivity contribution is 7.65. The van der Waals surface area contributed by atoms with Gasteiger partial charge in [-0.1, -0.05) is 17.9 Å². The third kappa shape index (κ3) is 3.87. The number of nitrogens with one attached hydrogen (secondary N) is 2. The van der Waals surface area contributed by atoms with Crippen molar-refractivity contribution in [3.8, 4) is 17.6 Å². The first-order chi connectivity index (χ1) is 15.7. The van der Waals surface area contributed by atoms with E-state index < -0.39 is 0 Å². The van der Waals surface area contributed by atoms with Crippen LogP contribution in [0.25, 0.3) is 10.8 Å². The molecule has 0 radical (unpaired) electrons. The maximum atomic E-state index is 12.2. The highest BCUT2D eigenvalue weighted by Crippen LogP contribution is 2.36. The lowest BCUT2D eigenvalue weighted by Crippen LogP contribution is -2.14. The molecular weight excluding hydrogens is 424 g/mol. The minimum absolute atomic E-state index is 0.00578. The highest BCUT2D eigenvalue weighted by atomic mass is 32.1. The Balaban J connectivity index is 1.56. The standard InChI is InChI=1S/C24H20N4O3S/c1-25-23-19-13-26-21(28-24(29)15-6-7-15)11-18(19)16(12-27-23)8-5-14-3-2-4-17-20(32-30)9-10-31-22(14)17/h2-4,11-13,15,20H,6-7,9-10H2,1H3,(H-,25,26,27,28,29)/p+1. The number of nitrogens with zero attached hydrogens (tertiary/aromatic N) is 2. The molecule has 7 nitrogen and oxygen atoms in total. The van der Waals surface area contributed by atoms with Gasteiger partial charge in [-0.25, -0.2) is 9.97 Å². The molecule has 0 spiro atoms. The van der Waals surface area contributed by atoms with Crippen LogP contribution in [0.3, 0.4) is 0 Å². The number of hydrogen-bond donors (Lipinski definition) is 2. The van der Waals surface area contributed by atoms with Crippen LogP contribution < -0.4 is 15.4 Å². The summed E-state index contributed by atoms with van der Waals surface area (Å²) in [5.74, 6) is 8.38. The van der Waals surface area contributed by atoms with Gasteiger partial charge in [0.2, 0.25) is 5.91 Å². The molecular formula is C24H21N4O3S+. The molecule has 0 saturated heterocycles. The molecule has 1 aliphatic carbocycles. The fourth-order valence-corrected chi connectivity index (χ4v) is 4.28. The maximum absolute atomic E-state index is 12.2. The van der Waals surface area contributed by atoms with E-state index in [4.69, 9.17) is 4.74 Å². The second kappa shape index (κ2) is 8.52. The second-order valence-electron chi connectivity index (χ2n) is 7.85. The van der Waals surface area contributed by atoms with Crippen molar-refractivity contribution in [3.63, 3.8) is 0 Å². The van der Waals surface area contributed by atoms with E-state index in [1.54, 1.807) is 19.4 Å². The van der Waals surface area contributed by atoms with Crippen LogP contribution in [-0.4, -0.2) is 29.5 Å². The zero-order valence-electron chi connectivity index (χ0n) is 17.5. The van der Waals surface area contributed by atoms with Gasteiger partial charge in [-0.05, 0) is 31.0 Å². The monoisotopic (exact) mass is 445 g/mol. The second-order valence-corrected chi connectivity index (χ2v) is 8.61. The molecule has 8 heteroatoms. The quantitative estimate of drug-likeness (QED) is 0.470. The van der Waals surface area contributed by atoms with Crippen molar-refractivity contribution in [2.45, 2.75) is 24.5 Å². The Morgan fingerprint density at radius 1 is 1.12 bits per heavy atom. The van der Waals surface area contributed by atoms with Gasteiger partial charge < -0.3 is 15.4 Å². The molecule has 1 aliphatic heterocycles. The Labute approximate surface area is 189 Å². The van der Waals surface area contributed by atoms with E-state index in [0.717, 1.165) is 34.7 Å². The van der Waals surface area contributed by atoms with Gasteiger partial charge in [0.25, 0.3) is 5.25 Å². The molecule has 1 atom stereocenters. The first-order valence-electron chi connectivity index (χ1n) is 10.5. The molecule has 2 N–H and O–H groups in total. The Morgan fingerprint density at radius 3 is 2.75 bits per heavy atom. The van der Waals surface area contributed by atoms with Gasteiger partial charge in [0.05, 0.1) is 23.3 Å². The van der Waals surface area contributed by atoms with Crippen LogP contribution in [0.5, 0.6) is 5.75 Å². The fourth-order valence-electron chi connectivity index (χ4n) is 3.80. The van der Waals surface area contributed by atoms with Crippen molar-refractivity contribution in [2.75, 3.05) is 24.3 Å². The average molecular weight is 446 g/mol. The number of fused-ring (bicyclic) bond motifs is 2. The van der Waals surface area contributed by atoms with E-state index in [-0.39, 0.29) is 17.1 Å². The molecule has 1 unspecified atom stereocenters. The van der Waals surface area contributed by atoms with Crippen molar-refractivity contribution < 1.29 is 13.7 Å². The number of carbonyl (C=O) groups is 1. The van der Waals surface area contributed by atoms with E-state index in [1.807, 2.05) is 24.3 Å². The van der Waals surface area contributed by atoms with Crippen molar-refractivity contribution in [3.05, 3.63) is 53.3 Å². The summed E-state index contributed by atoms with van der Waals surface area (Å²) in [5, 5.41) is 7.51. The van der Waals surface area contributed by atoms with Crippen LogP contribution in [-0.2, 0) is 20.7 Å². The smallest absolute Gasteiger partial charge is 0.467 e. The predicted octanol–water partition coefficient (Wildman–Crippen LogP) is 3.67. The van der Waals surface area contributed by atoms with Gasteiger partial charge in [0.1, 0.15) is 17.4 Å². The zero-order chi connectivity index (χ0) is 22.1. The predicted molar refractivity (Wildman–Crippen MR) is 124 cm³/mol. The number of carbonyl (C=O) groups excluding carboxylic acids is 1. The van der Waals surface area contributed by atoms with Crippen LogP contribution in [0.1, 0.15) is 41.2 Å². The van der Waals surface area contributed by atoms with Crippen LogP contribution in [0.15, 0.2) is 36.7 Å². The van der Waals surface area contributed by atoms with Crippen LogP contribution in [0, 0.1) is 17.8 Å². The Bertz CT molecular complexity index is 1290. The number of hydrogen-bond acceptors (Lipinski definition) is 6. The van der Waals surface area contributed by atoms with Gasteiger partial charge in [-0.2, -0.15) is 0 Å². The van der Waals surface area contributed by atoms with Gasteiger partial charge in [-0.3, -0.25) is 4.79 Å². The summed E-state index contributed by atoms with van der Waals surface area (Å²) < 4.78 is 17.3. The van der Waals surface area contributed by atoms with Crippen LogP contribution in [0.2, 0.25) is 0 Å². The van der Waals surface area contributed by atoms with E-state index in [0.29, 0.717) is 47.6 Å². The Hall–Kier alpha value is -3.57. The van der Waals surface area contributed by atoms with E-state index in [9.17, 15) is 9.00 Å².